The number of halogens is 2. The smallest absolute Gasteiger partial charge is 0.353 e. The van der Waals surface area contributed by atoms with E-state index in [-0.39, 0.29) is 11.0 Å². The summed E-state index contributed by atoms with van der Waals surface area (Å²) < 4.78 is 31.5. The van der Waals surface area contributed by atoms with Crippen molar-refractivity contribution in [2.24, 2.45) is 0 Å². The van der Waals surface area contributed by atoms with E-state index in [4.69, 9.17) is 9.52 Å². The maximum absolute atomic E-state index is 13.4. The fraction of sp³-hybridized carbons (Fsp3) is 0.0556. The number of carboxylic acid groups (broad SMARTS) is 1. The zero-order valence-electron chi connectivity index (χ0n) is 13.5. The zero-order chi connectivity index (χ0) is 19.7. The van der Waals surface area contributed by atoms with Gasteiger partial charge < -0.3 is 19.9 Å². The molecule has 0 aliphatic carbocycles. The van der Waals surface area contributed by atoms with E-state index in [9.17, 15) is 28.3 Å². The summed E-state index contributed by atoms with van der Waals surface area (Å²) in [6.45, 7) is -0.745. The summed E-state index contributed by atoms with van der Waals surface area (Å²) in [6.07, 6.45) is 0. The molecule has 7 nitrogen and oxygen atoms in total. The molecule has 0 unspecified atom stereocenters. The molecule has 3 aromatic rings. The molecule has 0 atom stereocenters. The van der Waals surface area contributed by atoms with Gasteiger partial charge in [-0.2, -0.15) is 0 Å². The highest BCUT2D eigenvalue weighted by atomic mass is 19.2. The number of carbonyl (C=O) groups is 2. The largest absolute Gasteiger partial charge is 0.506 e. The molecule has 0 fully saturated rings. The number of benzene rings is 2. The number of hydrogen-bond donors (Lipinski definition) is 3. The average Bonchev–Trinajstić information content (AvgIpc) is 2.61. The second-order valence-electron chi connectivity index (χ2n) is 5.53. The van der Waals surface area contributed by atoms with Gasteiger partial charge in [0.15, 0.2) is 17.2 Å². The fourth-order valence-corrected chi connectivity index (χ4v) is 2.48. The molecule has 0 radical (unpaired) electrons. The second kappa shape index (κ2) is 6.87. The van der Waals surface area contributed by atoms with Gasteiger partial charge in [-0.05, 0) is 35.4 Å². The molecule has 1 aromatic heterocycles. The van der Waals surface area contributed by atoms with Crippen molar-refractivity contribution in [1.82, 2.24) is 5.32 Å². The molecule has 0 saturated carbocycles. The highest BCUT2D eigenvalue weighted by Crippen LogP contribution is 2.30. The third-order valence-corrected chi connectivity index (χ3v) is 3.76. The Kier molecular flexibility index (Phi) is 4.59. The molecule has 1 heterocycles. The number of aromatic hydroxyl groups is 1. The summed E-state index contributed by atoms with van der Waals surface area (Å²) in [7, 11) is 0. The molecular weight excluding hydrogens is 364 g/mol. The first-order chi connectivity index (χ1) is 12.8. The third kappa shape index (κ3) is 3.47. The van der Waals surface area contributed by atoms with Crippen molar-refractivity contribution in [3.8, 4) is 16.9 Å². The minimum absolute atomic E-state index is 0.0152. The highest BCUT2D eigenvalue weighted by molar-refractivity contribution is 6.02. The van der Waals surface area contributed by atoms with Crippen molar-refractivity contribution in [3.05, 3.63) is 64.0 Å². The zero-order valence-corrected chi connectivity index (χ0v) is 13.5. The molecule has 1 amide bonds. The van der Waals surface area contributed by atoms with Crippen LogP contribution < -0.4 is 10.9 Å². The second-order valence-corrected chi connectivity index (χ2v) is 5.53. The number of carboxylic acids is 1. The van der Waals surface area contributed by atoms with Crippen LogP contribution in [0.4, 0.5) is 8.78 Å². The molecule has 0 aliphatic rings. The minimum atomic E-state index is -1.33. The van der Waals surface area contributed by atoms with Crippen LogP contribution in [0.1, 0.15) is 10.4 Å². The topological polar surface area (TPSA) is 117 Å². The molecule has 3 N–H and O–H groups in total. The van der Waals surface area contributed by atoms with E-state index in [1.54, 1.807) is 0 Å². The quantitative estimate of drug-likeness (QED) is 0.602. The Bertz CT molecular complexity index is 1140. The van der Waals surface area contributed by atoms with Crippen LogP contribution in [-0.4, -0.2) is 28.6 Å². The van der Waals surface area contributed by atoms with Crippen molar-refractivity contribution in [3.63, 3.8) is 0 Å². The van der Waals surface area contributed by atoms with Crippen LogP contribution in [0.5, 0.6) is 5.75 Å². The lowest BCUT2D eigenvalue weighted by molar-refractivity contribution is -0.135. The van der Waals surface area contributed by atoms with Crippen molar-refractivity contribution in [2.75, 3.05) is 6.54 Å². The summed E-state index contributed by atoms with van der Waals surface area (Å²) >= 11 is 0. The maximum atomic E-state index is 13.4. The van der Waals surface area contributed by atoms with E-state index in [0.717, 1.165) is 12.1 Å². The number of hydrogen-bond acceptors (Lipinski definition) is 5. The van der Waals surface area contributed by atoms with Crippen molar-refractivity contribution >= 4 is 22.8 Å². The van der Waals surface area contributed by atoms with Gasteiger partial charge in [-0.25, -0.2) is 13.6 Å². The molecule has 2 aromatic carbocycles. The molecule has 27 heavy (non-hydrogen) atoms. The minimum Gasteiger partial charge on any atom is -0.506 e. The van der Waals surface area contributed by atoms with Gasteiger partial charge in [-0.3, -0.25) is 9.59 Å². The molecule has 0 saturated heterocycles. The number of nitrogens with one attached hydrogen (secondary N) is 1. The molecule has 9 heteroatoms. The lowest BCUT2D eigenvalue weighted by atomic mass is 10.0. The van der Waals surface area contributed by atoms with Crippen LogP contribution in [0.2, 0.25) is 0 Å². The molecule has 0 spiro atoms. The Morgan fingerprint density at radius 2 is 1.70 bits per heavy atom. The SMILES string of the molecule is O=C(O)CNC(=O)c1c(O)c2ccc(-c3ccc(F)c(F)c3)cc2oc1=O. The number of aliphatic carboxylic acids is 1. The van der Waals surface area contributed by atoms with E-state index < -0.39 is 47.0 Å². The predicted octanol–water partition coefficient (Wildman–Crippen LogP) is 2.26. The molecule has 0 aliphatic heterocycles. The van der Waals surface area contributed by atoms with E-state index in [0.29, 0.717) is 11.1 Å². The van der Waals surface area contributed by atoms with Crippen LogP contribution in [0, 0.1) is 11.6 Å². The Morgan fingerprint density at radius 1 is 1.04 bits per heavy atom. The van der Waals surface area contributed by atoms with E-state index in [1.807, 2.05) is 5.32 Å². The van der Waals surface area contributed by atoms with E-state index >= 15 is 0 Å². The van der Waals surface area contributed by atoms with Gasteiger partial charge in [-0.1, -0.05) is 12.1 Å². The van der Waals surface area contributed by atoms with Gasteiger partial charge in [-0.15, -0.1) is 0 Å². The summed E-state index contributed by atoms with van der Waals surface area (Å²) in [6, 6.07) is 7.33. The van der Waals surface area contributed by atoms with Crippen LogP contribution in [0.3, 0.4) is 0 Å². The highest BCUT2D eigenvalue weighted by Gasteiger charge is 2.21. The Balaban J connectivity index is 2.07. The summed E-state index contributed by atoms with van der Waals surface area (Å²) in [5.41, 5.74) is -1.31. The predicted molar refractivity (Wildman–Crippen MR) is 89.5 cm³/mol. The van der Waals surface area contributed by atoms with Crippen LogP contribution in [0.25, 0.3) is 22.1 Å². The van der Waals surface area contributed by atoms with Crippen molar-refractivity contribution < 1.29 is 33.0 Å². The maximum Gasteiger partial charge on any atom is 0.353 e. The van der Waals surface area contributed by atoms with Crippen LogP contribution >= 0.6 is 0 Å². The number of carbonyl (C=O) groups excluding carboxylic acids is 1. The molecule has 3 rings (SSSR count). The van der Waals surface area contributed by atoms with Gasteiger partial charge in [0.05, 0.1) is 5.39 Å². The summed E-state index contributed by atoms with van der Waals surface area (Å²) in [5.74, 6) is -5.18. The van der Waals surface area contributed by atoms with Crippen LogP contribution in [0.15, 0.2) is 45.6 Å². The van der Waals surface area contributed by atoms with Gasteiger partial charge in [0.2, 0.25) is 0 Å². The third-order valence-electron chi connectivity index (χ3n) is 3.76. The number of rotatable bonds is 4. The van der Waals surface area contributed by atoms with Crippen molar-refractivity contribution in [2.45, 2.75) is 0 Å². The lowest BCUT2D eigenvalue weighted by Gasteiger charge is -2.08. The first-order valence-electron chi connectivity index (χ1n) is 7.53. The van der Waals surface area contributed by atoms with Crippen molar-refractivity contribution in [1.29, 1.82) is 0 Å². The molecular formula is C18H11F2NO6. The van der Waals surface area contributed by atoms with E-state index in [2.05, 4.69) is 0 Å². The van der Waals surface area contributed by atoms with Gasteiger partial charge in [0, 0.05) is 0 Å². The Morgan fingerprint density at radius 3 is 2.37 bits per heavy atom. The number of fused-ring (bicyclic) bond motifs is 1. The van der Waals surface area contributed by atoms with Crippen LogP contribution in [-0.2, 0) is 4.79 Å². The van der Waals surface area contributed by atoms with E-state index in [1.165, 1.54) is 24.3 Å². The number of amides is 1. The summed E-state index contributed by atoms with van der Waals surface area (Å²) in [5, 5.41) is 20.8. The van der Waals surface area contributed by atoms with Gasteiger partial charge >= 0.3 is 11.6 Å². The molecule has 0 bridgehead atoms. The fourth-order valence-electron chi connectivity index (χ4n) is 2.48. The standard InChI is InChI=1S/C18H11F2NO6/c19-11-4-2-8(5-12(11)20)9-1-3-10-13(6-9)27-18(26)15(16(10)24)17(25)21-7-14(22)23/h1-6,24H,7H2,(H,21,25)(H,22,23). The average molecular weight is 375 g/mol. The van der Waals surface area contributed by atoms with Gasteiger partial charge in [0.1, 0.15) is 17.9 Å². The first kappa shape index (κ1) is 18.1. The Hall–Kier alpha value is -3.75. The van der Waals surface area contributed by atoms with Gasteiger partial charge in [0.25, 0.3) is 5.91 Å². The normalized spacial score (nSPS) is 10.7. The Labute approximate surface area is 149 Å². The summed E-state index contributed by atoms with van der Waals surface area (Å²) in [4.78, 5) is 34.5. The monoisotopic (exact) mass is 375 g/mol. The first-order valence-corrected chi connectivity index (χ1v) is 7.53. The molecule has 138 valence electrons. The lowest BCUT2D eigenvalue weighted by Crippen LogP contribution is -2.32.